The van der Waals surface area contributed by atoms with Crippen molar-refractivity contribution >= 4 is 11.6 Å². The van der Waals surface area contributed by atoms with Gasteiger partial charge in [-0.15, -0.1) is 0 Å². The predicted octanol–water partition coefficient (Wildman–Crippen LogP) is 5.16. The third-order valence-corrected chi connectivity index (χ3v) is 4.71. The Balaban J connectivity index is 1.64. The van der Waals surface area contributed by atoms with E-state index in [9.17, 15) is 0 Å². The SMILES string of the molecule is CN1CCCC1CCc1cccc(Oc2ccccc2Cl)c1. The van der Waals surface area contributed by atoms with Gasteiger partial charge in [0, 0.05) is 6.04 Å². The van der Waals surface area contributed by atoms with Gasteiger partial charge in [0.05, 0.1) is 5.02 Å². The van der Waals surface area contributed by atoms with Crippen LogP contribution in [-0.2, 0) is 6.42 Å². The van der Waals surface area contributed by atoms with Crippen LogP contribution in [0.15, 0.2) is 48.5 Å². The van der Waals surface area contributed by atoms with Crippen molar-refractivity contribution in [3.63, 3.8) is 0 Å². The summed E-state index contributed by atoms with van der Waals surface area (Å²) in [7, 11) is 2.23. The van der Waals surface area contributed by atoms with Crippen molar-refractivity contribution in [1.29, 1.82) is 0 Å². The number of hydrogen-bond donors (Lipinski definition) is 0. The summed E-state index contributed by atoms with van der Waals surface area (Å²) < 4.78 is 5.90. The first-order valence-corrected chi connectivity index (χ1v) is 8.32. The van der Waals surface area contributed by atoms with E-state index in [4.69, 9.17) is 16.3 Å². The molecule has 1 unspecified atom stereocenters. The minimum Gasteiger partial charge on any atom is -0.456 e. The van der Waals surface area contributed by atoms with Gasteiger partial charge in [-0.25, -0.2) is 0 Å². The highest BCUT2D eigenvalue weighted by atomic mass is 35.5. The average molecular weight is 316 g/mol. The van der Waals surface area contributed by atoms with Gasteiger partial charge in [0.25, 0.3) is 0 Å². The maximum Gasteiger partial charge on any atom is 0.146 e. The molecule has 0 N–H and O–H groups in total. The molecule has 22 heavy (non-hydrogen) atoms. The van der Waals surface area contributed by atoms with E-state index in [1.54, 1.807) is 0 Å². The number of aryl methyl sites for hydroxylation is 1. The topological polar surface area (TPSA) is 12.5 Å². The van der Waals surface area contributed by atoms with Crippen LogP contribution in [0.1, 0.15) is 24.8 Å². The minimum absolute atomic E-state index is 0.639. The average Bonchev–Trinajstić information content (AvgIpc) is 2.93. The van der Waals surface area contributed by atoms with E-state index in [2.05, 4.69) is 30.1 Å². The molecular formula is C19H22ClNO. The van der Waals surface area contributed by atoms with E-state index in [1.165, 1.54) is 31.4 Å². The van der Waals surface area contributed by atoms with Crippen LogP contribution in [0.3, 0.4) is 0 Å². The van der Waals surface area contributed by atoms with Crippen molar-refractivity contribution in [3.05, 3.63) is 59.1 Å². The van der Waals surface area contributed by atoms with Crippen LogP contribution < -0.4 is 4.74 Å². The van der Waals surface area contributed by atoms with Gasteiger partial charge < -0.3 is 9.64 Å². The Morgan fingerprint density at radius 1 is 1.18 bits per heavy atom. The number of hydrogen-bond acceptors (Lipinski definition) is 2. The molecule has 0 spiro atoms. The summed E-state index contributed by atoms with van der Waals surface area (Å²) in [6, 6.07) is 16.6. The fourth-order valence-electron chi connectivity index (χ4n) is 3.10. The molecule has 0 amide bonds. The van der Waals surface area contributed by atoms with Crippen LogP contribution >= 0.6 is 11.6 Å². The van der Waals surface area contributed by atoms with E-state index in [1.807, 2.05) is 30.3 Å². The smallest absolute Gasteiger partial charge is 0.146 e. The normalized spacial score (nSPS) is 18.5. The number of nitrogens with zero attached hydrogens (tertiary/aromatic N) is 1. The van der Waals surface area contributed by atoms with Gasteiger partial charge in [0.1, 0.15) is 11.5 Å². The highest BCUT2D eigenvalue weighted by Gasteiger charge is 2.20. The molecule has 1 heterocycles. The molecule has 0 radical (unpaired) electrons. The lowest BCUT2D eigenvalue weighted by Gasteiger charge is -2.19. The molecule has 3 rings (SSSR count). The third kappa shape index (κ3) is 3.82. The Labute approximate surface area is 137 Å². The fourth-order valence-corrected chi connectivity index (χ4v) is 3.27. The lowest BCUT2D eigenvalue weighted by molar-refractivity contribution is 0.296. The van der Waals surface area contributed by atoms with Gasteiger partial charge in [0.2, 0.25) is 0 Å². The quantitative estimate of drug-likeness (QED) is 0.755. The molecule has 0 aromatic heterocycles. The molecule has 116 valence electrons. The number of rotatable bonds is 5. The van der Waals surface area contributed by atoms with E-state index >= 15 is 0 Å². The molecule has 2 aromatic carbocycles. The lowest BCUT2D eigenvalue weighted by Crippen LogP contribution is -2.25. The van der Waals surface area contributed by atoms with Gasteiger partial charge >= 0.3 is 0 Å². The Hall–Kier alpha value is -1.51. The summed E-state index contributed by atoms with van der Waals surface area (Å²) in [4.78, 5) is 2.48. The van der Waals surface area contributed by atoms with E-state index in [-0.39, 0.29) is 0 Å². The van der Waals surface area contributed by atoms with Crippen LogP contribution in [0, 0.1) is 0 Å². The van der Waals surface area contributed by atoms with E-state index < -0.39 is 0 Å². The second-order valence-corrected chi connectivity index (χ2v) is 6.40. The molecule has 2 nitrogen and oxygen atoms in total. The first kappa shape index (κ1) is 15.4. The zero-order valence-corrected chi connectivity index (χ0v) is 13.7. The van der Waals surface area contributed by atoms with E-state index in [0.29, 0.717) is 10.8 Å². The highest BCUT2D eigenvalue weighted by molar-refractivity contribution is 6.32. The Kier molecular flexibility index (Phi) is 5.01. The monoisotopic (exact) mass is 315 g/mol. The Morgan fingerprint density at radius 2 is 2.05 bits per heavy atom. The summed E-state index contributed by atoms with van der Waals surface area (Å²) in [5.41, 5.74) is 1.32. The van der Waals surface area contributed by atoms with Crippen LogP contribution in [0.5, 0.6) is 11.5 Å². The molecule has 1 fully saturated rings. The summed E-state index contributed by atoms with van der Waals surface area (Å²) in [5, 5.41) is 0.639. The lowest BCUT2D eigenvalue weighted by atomic mass is 10.0. The fraction of sp³-hybridized carbons (Fsp3) is 0.368. The Bertz CT molecular complexity index is 628. The molecular weight excluding hydrogens is 294 g/mol. The number of ether oxygens (including phenoxy) is 1. The maximum atomic E-state index is 6.15. The number of benzene rings is 2. The zero-order valence-electron chi connectivity index (χ0n) is 13.0. The molecule has 2 aromatic rings. The molecule has 1 atom stereocenters. The van der Waals surface area contributed by atoms with Gasteiger partial charge in [-0.2, -0.15) is 0 Å². The van der Waals surface area contributed by atoms with Gasteiger partial charge in [-0.3, -0.25) is 0 Å². The maximum absolute atomic E-state index is 6.15. The first-order chi connectivity index (χ1) is 10.7. The van der Waals surface area contributed by atoms with Crippen LogP contribution in [0.4, 0.5) is 0 Å². The van der Waals surface area contributed by atoms with Crippen LogP contribution in [-0.4, -0.2) is 24.5 Å². The zero-order chi connectivity index (χ0) is 15.4. The number of para-hydroxylation sites is 1. The molecule has 1 aliphatic rings. The third-order valence-electron chi connectivity index (χ3n) is 4.40. The Morgan fingerprint density at radius 3 is 2.82 bits per heavy atom. The van der Waals surface area contributed by atoms with Gasteiger partial charge in [-0.05, 0) is 69.1 Å². The summed E-state index contributed by atoms with van der Waals surface area (Å²) in [6.45, 7) is 1.24. The van der Waals surface area contributed by atoms with Gasteiger partial charge in [-0.1, -0.05) is 35.9 Å². The van der Waals surface area contributed by atoms with Crippen molar-refractivity contribution < 1.29 is 4.74 Å². The largest absolute Gasteiger partial charge is 0.456 e. The predicted molar refractivity (Wildman–Crippen MR) is 91.9 cm³/mol. The number of halogens is 1. The molecule has 1 saturated heterocycles. The molecule has 0 saturated carbocycles. The van der Waals surface area contributed by atoms with E-state index in [0.717, 1.165) is 18.2 Å². The van der Waals surface area contributed by atoms with Crippen molar-refractivity contribution in [3.8, 4) is 11.5 Å². The molecule has 3 heteroatoms. The number of likely N-dealkylation sites (tertiary alicyclic amines) is 1. The summed E-state index contributed by atoms with van der Waals surface area (Å²) in [6.07, 6.45) is 4.96. The second kappa shape index (κ2) is 7.17. The van der Waals surface area contributed by atoms with Crippen LogP contribution in [0.2, 0.25) is 5.02 Å². The molecule has 0 aliphatic carbocycles. The minimum atomic E-state index is 0.639. The summed E-state index contributed by atoms with van der Waals surface area (Å²) >= 11 is 6.15. The molecule has 1 aliphatic heterocycles. The van der Waals surface area contributed by atoms with Crippen LogP contribution in [0.25, 0.3) is 0 Å². The van der Waals surface area contributed by atoms with Crippen molar-refractivity contribution in [1.82, 2.24) is 4.90 Å². The van der Waals surface area contributed by atoms with Crippen molar-refractivity contribution in [2.45, 2.75) is 31.7 Å². The van der Waals surface area contributed by atoms with Gasteiger partial charge in [0.15, 0.2) is 0 Å². The molecule has 0 bridgehead atoms. The highest BCUT2D eigenvalue weighted by Crippen LogP contribution is 2.29. The first-order valence-electron chi connectivity index (χ1n) is 7.94. The second-order valence-electron chi connectivity index (χ2n) is 6.00. The standard InChI is InChI=1S/C19H22ClNO/c1-21-13-5-7-16(21)12-11-15-6-4-8-17(14-15)22-19-10-3-2-9-18(19)20/h2-4,6,8-10,14,16H,5,7,11-13H2,1H3. The summed E-state index contributed by atoms with van der Waals surface area (Å²) in [5.74, 6) is 1.56. The van der Waals surface area contributed by atoms with Crippen molar-refractivity contribution in [2.75, 3.05) is 13.6 Å². The van der Waals surface area contributed by atoms with Crippen molar-refractivity contribution in [2.24, 2.45) is 0 Å².